The lowest BCUT2D eigenvalue weighted by molar-refractivity contribution is 0.285. The Kier molecular flexibility index (Phi) is 5.46. The number of nitrogens with zero attached hydrogens (tertiary/aromatic N) is 4. The highest BCUT2D eigenvalue weighted by atomic mass is 16.5. The summed E-state index contributed by atoms with van der Waals surface area (Å²) in [5.41, 5.74) is 7.44. The highest BCUT2D eigenvalue weighted by molar-refractivity contribution is 6.01. The average molecular weight is 365 g/mol. The van der Waals surface area contributed by atoms with E-state index in [1.54, 1.807) is 26.4 Å². The van der Waals surface area contributed by atoms with Crippen molar-refractivity contribution in [1.82, 2.24) is 14.8 Å². The van der Waals surface area contributed by atoms with E-state index in [9.17, 15) is 4.79 Å². The van der Waals surface area contributed by atoms with Crippen LogP contribution in [0.15, 0.2) is 58.7 Å². The smallest absolute Gasteiger partial charge is 0.280 e. The summed E-state index contributed by atoms with van der Waals surface area (Å²) < 4.78 is 12.4. The summed E-state index contributed by atoms with van der Waals surface area (Å²) in [4.78, 5) is 20.3. The van der Waals surface area contributed by atoms with Crippen molar-refractivity contribution < 1.29 is 9.47 Å². The monoisotopic (exact) mass is 365 g/mol. The maximum atomic E-state index is 12.1. The van der Waals surface area contributed by atoms with E-state index in [1.807, 2.05) is 18.2 Å². The zero-order valence-electron chi connectivity index (χ0n) is 15.0. The Hall–Kier alpha value is -3.68. The van der Waals surface area contributed by atoms with Gasteiger partial charge in [-0.05, 0) is 23.8 Å². The van der Waals surface area contributed by atoms with E-state index in [1.165, 1.54) is 29.4 Å². The summed E-state index contributed by atoms with van der Waals surface area (Å²) in [5.74, 6) is 0.693. The SMILES string of the molecule is CN=CC(=CN)n1ccc(=O)c(OCc2ccc3nccc(OC)c3c2)n1. The lowest BCUT2D eigenvalue weighted by Gasteiger charge is -2.10. The fourth-order valence-corrected chi connectivity index (χ4v) is 2.53. The van der Waals surface area contributed by atoms with E-state index >= 15 is 0 Å². The number of hydrogen-bond acceptors (Lipinski definition) is 7. The largest absolute Gasteiger partial charge is 0.496 e. The minimum Gasteiger partial charge on any atom is -0.496 e. The van der Waals surface area contributed by atoms with E-state index in [0.29, 0.717) is 5.70 Å². The minimum absolute atomic E-state index is 0.0281. The Morgan fingerprint density at radius 1 is 1.33 bits per heavy atom. The van der Waals surface area contributed by atoms with Crippen LogP contribution in [0.25, 0.3) is 16.6 Å². The van der Waals surface area contributed by atoms with E-state index < -0.39 is 0 Å². The molecule has 0 bridgehead atoms. The average Bonchev–Trinajstić information content (AvgIpc) is 2.71. The zero-order valence-corrected chi connectivity index (χ0v) is 15.0. The number of allylic oxidation sites excluding steroid dienone is 1. The molecule has 0 spiro atoms. The second-order valence-corrected chi connectivity index (χ2v) is 5.56. The third-order valence-electron chi connectivity index (χ3n) is 3.83. The number of hydrogen-bond donors (Lipinski definition) is 1. The molecule has 0 atom stereocenters. The minimum atomic E-state index is -0.323. The molecule has 138 valence electrons. The van der Waals surface area contributed by atoms with Crippen molar-refractivity contribution in [2.45, 2.75) is 6.61 Å². The molecule has 0 radical (unpaired) electrons. The molecule has 0 aliphatic rings. The first kappa shape index (κ1) is 18.1. The number of pyridine rings is 1. The van der Waals surface area contributed by atoms with E-state index in [0.717, 1.165) is 22.2 Å². The highest BCUT2D eigenvalue weighted by Gasteiger charge is 2.08. The standard InChI is InChI=1S/C19H19N5O3/c1-21-11-14(10-20)24-8-6-17(25)19(23-24)27-12-13-3-4-16-15(9-13)18(26-2)5-7-22-16/h3-11H,12,20H2,1-2H3. The van der Waals surface area contributed by atoms with Crippen molar-refractivity contribution in [3.63, 3.8) is 0 Å². The van der Waals surface area contributed by atoms with Gasteiger partial charge in [-0.15, -0.1) is 5.10 Å². The molecule has 27 heavy (non-hydrogen) atoms. The summed E-state index contributed by atoms with van der Waals surface area (Å²) in [6, 6.07) is 8.83. The van der Waals surface area contributed by atoms with Crippen LogP contribution in [0.5, 0.6) is 11.6 Å². The molecule has 0 saturated carbocycles. The van der Waals surface area contributed by atoms with Crippen LogP contribution in [-0.4, -0.2) is 35.1 Å². The summed E-state index contributed by atoms with van der Waals surface area (Å²) in [7, 11) is 3.22. The van der Waals surface area contributed by atoms with Crippen LogP contribution in [0.1, 0.15) is 5.56 Å². The first-order chi connectivity index (χ1) is 13.2. The van der Waals surface area contributed by atoms with Gasteiger partial charge in [-0.3, -0.25) is 14.8 Å². The number of nitrogens with two attached hydrogens (primary N) is 1. The van der Waals surface area contributed by atoms with Crippen LogP contribution in [0.3, 0.4) is 0 Å². The molecule has 0 fully saturated rings. The Balaban J connectivity index is 1.86. The lowest BCUT2D eigenvalue weighted by atomic mass is 10.1. The maximum absolute atomic E-state index is 12.1. The first-order valence-corrected chi connectivity index (χ1v) is 8.15. The van der Waals surface area contributed by atoms with E-state index in [-0.39, 0.29) is 17.9 Å². The fraction of sp³-hybridized carbons (Fsp3) is 0.158. The molecule has 2 aromatic heterocycles. The quantitative estimate of drug-likeness (QED) is 0.668. The Morgan fingerprint density at radius 3 is 2.93 bits per heavy atom. The summed E-state index contributed by atoms with van der Waals surface area (Å²) in [6.07, 6.45) is 6.07. The van der Waals surface area contributed by atoms with Crippen LogP contribution in [0.4, 0.5) is 0 Å². The second-order valence-electron chi connectivity index (χ2n) is 5.56. The fourth-order valence-electron chi connectivity index (χ4n) is 2.53. The van der Waals surface area contributed by atoms with Crippen molar-refractivity contribution in [2.75, 3.05) is 14.2 Å². The predicted molar refractivity (Wildman–Crippen MR) is 104 cm³/mol. The molecular formula is C19H19N5O3. The third kappa shape index (κ3) is 3.95. The third-order valence-corrected chi connectivity index (χ3v) is 3.83. The van der Waals surface area contributed by atoms with Gasteiger partial charge < -0.3 is 15.2 Å². The molecule has 3 rings (SSSR count). The van der Waals surface area contributed by atoms with Crippen LogP contribution in [0, 0.1) is 0 Å². The number of ether oxygens (including phenoxy) is 2. The summed E-state index contributed by atoms with van der Waals surface area (Å²) in [6.45, 7) is 0.170. The molecule has 2 N–H and O–H groups in total. The number of methoxy groups -OCH3 is 1. The van der Waals surface area contributed by atoms with Gasteiger partial charge in [0.25, 0.3) is 5.88 Å². The highest BCUT2D eigenvalue weighted by Crippen LogP contribution is 2.24. The van der Waals surface area contributed by atoms with Gasteiger partial charge in [-0.1, -0.05) is 6.07 Å². The topological polar surface area (TPSA) is 105 Å². The number of rotatable bonds is 6. The zero-order chi connectivity index (χ0) is 19.2. The van der Waals surface area contributed by atoms with Gasteiger partial charge in [0.15, 0.2) is 0 Å². The number of fused-ring (bicyclic) bond motifs is 1. The molecule has 8 heteroatoms. The van der Waals surface area contributed by atoms with Gasteiger partial charge >= 0.3 is 0 Å². The second kappa shape index (κ2) is 8.13. The Labute approximate surface area is 155 Å². The molecule has 0 aliphatic heterocycles. The molecule has 1 aromatic carbocycles. The van der Waals surface area contributed by atoms with E-state index in [4.69, 9.17) is 15.2 Å². The van der Waals surface area contributed by atoms with Gasteiger partial charge in [0, 0.05) is 43.3 Å². The van der Waals surface area contributed by atoms with Crippen LogP contribution >= 0.6 is 0 Å². The molecule has 0 aliphatic carbocycles. The first-order valence-electron chi connectivity index (χ1n) is 8.15. The van der Waals surface area contributed by atoms with Gasteiger partial charge in [0.05, 0.1) is 18.3 Å². The van der Waals surface area contributed by atoms with Crippen molar-refractivity contribution in [3.05, 3.63) is 64.7 Å². The van der Waals surface area contributed by atoms with Crippen LogP contribution < -0.4 is 20.6 Å². The summed E-state index contributed by atoms with van der Waals surface area (Å²) >= 11 is 0. The van der Waals surface area contributed by atoms with Crippen molar-refractivity contribution >= 4 is 22.8 Å². The van der Waals surface area contributed by atoms with E-state index in [2.05, 4.69) is 15.1 Å². The molecule has 3 aromatic rings. The van der Waals surface area contributed by atoms with Crippen molar-refractivity contribution in [2.24, 2.45) is 10.7 Å². The number of aliphatic imine (C=N–C) groups is 1. The van der Waals surface area contributed by atoms with Crippen molar-refractivity contribution in [1.29, 1.82) is 0 Å². The molecule has 0 amide bonds. The Morgan fingerprint density at radius 2 is 2.19 bits per heavy atom. The molecule has 0 unspecified atom stereocenters. The normalized spacial score (nSPS) is 11.9. The lowest BCUT2D eigenvalue weighted by Crippen LogP contribution is -2.15. The molecule has 0 saturated heterocycles. The number of benzene rings is 1. The maximum Gasteiger partial charge on any atom is 0.280 e. The van der Waals surface area contributed by atoms with Gasteiger partial charge in [-0.2, -0.15) is 0 Å². The van der Waals surface area contributed by atoms with Crippen molar-refractivity contribution in [3.8, 4) is 11.6 Å². The van der Waals surface area contributed by atoms with Gasteiger partial charge in [0.1, 0.15) is 12.4 Å². The van der Waals surface area contributed by atoms with Crippen LogP contribution in [0.2, 0.25) is 0 Å². The van der Waals surface area contributed by atoms with Crippen LogP contribution in [-0.2, 0) is 6.61 Å². The number of aromatic nitrogens is 3. The summed E-state index contributed by atoms with van der Waals surface area (Å²) in [5, 5.41) is 5.05. The van der Waals surface area contributed by atoms with Gasteiger partial charge in [-0.25, -0.2) is 4.68 Å². The predicted octanol–water partition coefficient (Wildman–Crippen LogP) is 1.84. The molecular weight excluding hydrogens is 346 g/mol. The van der Waals surface area contributed by atoms with Gasteiger partial charge in [0.2, 0.25) is 5.43 Å². The Bertz CT molecular complexity index is 1070. The molecule has 2 heterocycles. The molecule has 8 nitrogen and oxygen atoms in total.